The largest absolute Gasteiger partial charge is 0.456 e. The van der Waals surface area contributed by atoms with Gasteiger partial charge < -0.3 is 13.9 Å². The van der Waals surface area contributed by atoms with Crippen molar-refractivity contribution >= 4 is 66.7 Å². The molecule has 11 rings (SSSR count). The third-order valence-corrected chi connectivity index (χ3v) is 11.3. The summed E-state index contributed by atoms with van der Waals surface area (Å²) in [6, 6.07) is 68.1. The Labute approximate surface area is 319 Å². The van der Waals surface area contributed by atoms with Gasteiger partial charge in [0.05, 0.1) is 11.0 Å². The Morgan fingerprint density at radius 2 is 1.15 bits per heavy atom. The zero-order valence-corrected chi connectivity index (χ0v) is 30.1. The summed E-state index contributed by atoms with van der Waals surface area (Å²) in [6.45, 7) is 0. The molecule has 0 aliphatic heterocycles. The van der Waals surface area contributed by atoms with Crippen molar-refractivity contribution in [2.45, 2.75) is 12.3 Å². The van der Waals surface area contributed by atoms with Crippen LogP contribution in [-0.2, 0) is 6.42 Å². The van der Waals surface area contributed by atoms with E-state index in [1.54, 1.807) is 0 Å². The molecule has 0 radical (unpaired) electrons. The zero-order valence-electron chi connectivity index (χ0n) is 30.1. The molecule has 1 aliphatic carbocycles. The SMILES string of the molecule is C1=CC(c2ccc(N(c3ccc(-c4ccc5ccccc5c4)cc3)c3ccc4c(c3)c3ccccc3n4-c3ccccc3)cc2)Cc2c1oc1ccccc21. The standard InChI is InChI=1S/C52H36N2O/c1-2-12-41(13-3-1)54-49-16-8-6-14-45(49)47-34-44(29-30-50(47)54)53(42-25-20-36(21-26-42)39-19-18-35-10-4-5-11-38(35)32-39)43-27-22-37(23-28-43)40-24-31-52-48(33-40)46-15-7-9-17-51(46)55-52/h1-32,34,40H,33H2. The number of fused-ring (bicyclic) bond motifs is 7. The summed E-state index contributed by atoms with van der Waals surface area (Å²) < 4.78 is 8.54. The Hall–Kier alpha value is -7.10. The van der Waals surface area contributed by atoms with Crippen LogP contribution < -0.4 is 4.90 Å². The zero-order chi connectivity index (χ0) is 36.3. The number of furan rings is 1. The summed E-state index contributed by atoms with van der Waals surface area (Å²) in [4.78, 5) is 2.39. The number of hydrogen-bond acceptors (Lipinski definition) is 2. The second-order valence-electron chi connectivity index (χ2n) is 14.5. The van der Waals surface area contributed by atoms with Crippen LogP contribution in [0.2, 0.25) is 0 Å². The number of nitrogens with zero attached hydrogens (tertiary/aromatic N) is 2. The molecule has 0 N–H and O–H groups in total. The first kappa shape index (κ1) is 31.4. The van der Waals surface area contributed by atoms with Crippen LogP contribution in [0.5, 0.6) is 0 Å². The van der Waals surface area contributed by atoms with Gasteiger partial charge in [-0.15, -0.1) is 0 Å². The van der Waals surface area contributed by atoms with Crippen LogP contribution in [0.25, 0.3) is 66.4 Å². The molecule has 2 heterocycles. The van der Waals surface area contributed by atoms with E-state index in [1.807, 2.05) is 6.07 Å². The van der Waals surface area contributed by atoms with Crippen LogP contribution >= 0.6 is 0 Å². The summed E-state index contributed by atoms with van der Waals surface area (Å²) in [5.74, 6) is 1.26. The maximum atomic E-state index is 6.17. The molecule has 260 valence electrons. The minimum Gasteiger partial charge on any atom is -0.456 e. The Morgan fingerprint density at radius 1 is 0.491 bits per heavy atom. The summed E-state index contributed by atoms with van der Waals surface area (Å²) in [5, 5.41) is 6.18. The first-order chi connectivity index (χ1) is 27.2. The molecule has 0 bridgehead atoms. The molecular weight excluding hydrogens is 669 g/mol. The number of rotatable bonds is 6. The van der Waals surface area contributed by atoms with Gasteiger partial charge in [-0.25, -0.2) is 0 Å². The fraction of sp³-hybridized carbons (Fsp3) is 0.0385. The molecule has 1 unspecified atom stereocenters. The van der Waals surface area contributed by atoms with Gasteiger partial charge in [0.2, 0.25) is 0 Å². The number of hydrogen-bond donors (Lipinski definition) is 0. The van der Waals surface area contributed by atoms with E-state index in [4.69, 9.17) is 4.42 Å². The van der Waals surface area contributed by atoms with E-state index in [-0.39, 0.29) is 5.92 Å². The van der Waals surface area contributed by atoms with E-state index in [2.05, 4.69) is 204 Å². The van der Waals surface area contributed by atoms with Gasteiger partial charge in [0.1, 0.15) is 11.3 Å². The smallest absolute Gasteiger partial charge is 0.135 e. The first-order valence-corrected chi connectivity index (χ1v) is 19.0. The Bertz CT molecular complexity index is 3060. The van der Waals surface area contributed by atoms with Crippen molar-refractivity contribution in [1.82, 2.24) is 4.57 Å². The Morgan fingerprint density at radius 3 is 1.98 bits per heavy atom. The van der Waals surface area contributed by atoms with Gasteiger partial charge in [-0.1, -0.05) is 121 Å². The monoisotopic (exact) mass is 704 g/mol. The van der Waals surface area contributed by atoms with Crippen molar-refractivity contribution in [2.24, 2.45) is 0 Å². The summed E-state index contributed by atoms with van der Waals surface area (Å²) in [7, 11) is 0. The highest BCUT2D eigenvalue weighted by Gasteiger charge is 2.23. The molecule has 3 heteroatoms. The molecule has 0 saturated carbocycles. The van der Waals surface area contributed by atoms with Crippen molar-refractivity contribution < 1.29 is 4.42 Å². The van der Waals surface area contributed by atoms with Crippen LogP contribution in [-0.4, -0.2) is 4.57 Å². The summed E-state index contributed by atoms with van der Waals surface area (Å²) in [6.07, 6.45) is 5.37. The van der Waals surface area contributed by atoms with Crippen LogP contribution in [0, 0.1) is 0 Å². The highest BCUT2D eigenvalue weighted by molar-refractivity contribution is 6.10. The van der Waals surface area contributed by atoms with E-state index in [0.717, 1.165) is 40.5 Å². The highest BCUT2D eigenvalue weighted by atomic mass is 16.3. The van der Waals surface area contributed by atoms with E-state index >= 15 is 0 Å². The molecule has 0 spiro atoms. The number of benzene rings is 8. The molecule has 0 fully saturated rings. The van der Waals surface area contributed by atoms with Crippen LogP contribution in [0.4, 0.5) is 17.1 Å². The van der Waals surface area contributed by atoms with Gasteiger partial charge in [0.15, 0.2) is 0 Å². The van der Waals surface area contributed by atoms with Crippen molar-refractivity contribution in [3.05, 3.63) is 211 Å². The van der Waals surface area contributed by atoms with Crippen molar-refractivity contribution in [3.63, 3.8) is 0 Å². The summed E-state index contributed by atoms with van der Waals surface area (Å²) >= 11 is 0. The maximum absolute atomic E-state index is 6.17. The highest BCUT2D eigenvalue weighted by Crippen LogP contribution is 2.42. The molecular formula is C52H36N2O. The summed E-state index contributed by atoms with van der Waals surface area (Å²) in [5.41, 5.74) is 12.8. The minimum absolute atomic E-state index is 0.276. The number of aromatic nitrogens is 1. The van der Waals surface area contributed by atoms with Crippen LogP contribution in [0.1, 0.15) is 22.8 Å². The van der Waals surface area contributed by atoms with Crippen LogP contribution in [0.15, 0.2) is 199 Å². The predicted molar refractivity (Wildman–Crippen MR) is 230 cm³/mol. The van der Waals surface area contributed by atoms with Gasteiger partial charge in [-0.3, -0.25) is 0 Å². The molecule has 2 aromatic heterocycles. The normalized spacial score (nSPS) is 13.9. The lowest BCUT2D eigenvalue weighted by atomic mass is 9.87. The van der Waals surface area contributed by atoms with Gasteiger partial charge in [0.25, 0.3) is 0 Å². The molecule has 1 aliphatic rings. The second-order valence-corrected chi connectivity index (χ2v) is 14.5. The Kier molecular flexibility index (Phi) is 7.31. The van der Waals surface area contributed by atoms with Gasteiger partial charge >= 0.3 is 0 Å². The quantitative estimate of drug-likeness (QED) is 0.172. The third kappa shape index (κ3) is 5.35. The molecule has 10 aromatic rings. The van der Waals surface area contributed by atoms with Crippen molar-refractivity contribution in [1.29, 1.82) is 0 Å². The third-order valence-electron chi connectivity index (χ3n) is 11.3. The number of allylic oxidation sites excluding steroid dienone is 1. The number of anilines is 3. The maximum Gasteiger partial charge on any atom is 0.135 e. The molecule has 1 atom stereocenters. The van der Waals surface area contributed by atoms with Crippen molar-refractivity contribution in [2.75, 3.05) is 4.90 Å². The molecule has 55 heavy (non-hydrogen) atoms. The average Bonchev–Trinajstić information content (AvgIpc) is 3.80. The molecule has 0 amide bonds. The lowest BCUT2D eigenvalue weighted by molar-refractivity contribution is 0.591. The lowest BCUT2D eigenvalue weighted by Crippen LogP contribution is -2.10. The fourth-order valence-corrected chi connectivity index (χ4v) is 8.63. The van der Waals surface area contributed by atoms with Gasteiger partial charge in [0, 0.05) is 50.4 Å². The minimum atomic E-state index is 0.276. The van der Waals surface area contributed by atoms with Crippen LogP contribution in [0.3, 0.4) is 0 Å². The lowest BCUT2D eigenvalue weighted by Gasteiger charge is -2.27. The predicted octanol–water partition coefficient (Wildman–Crippen LogP) is 14.2. The van der Waals surface area contributed by atoms with E-state index in [1.165, 1.54) is 60.2 Å². The Balaban J connectivity index is 1.01. The molecule has 8 aromatic carbocycles. The van der Waals surface area contributed by atoms with Gasteiger partial charge in [-0.2, -0.15) is 0 Å². The van der Waals surface area contributed by atoms with E-state index < -0.39 is 0 Å². The van der Waals surface area contributed by atoms with E-state index in [9.17, 15) is 0 Å². The van der Waals surface area contributed by atoms with E-state index in [0.29, 0.717) is 0 Å². The fourth-order valence-electron chi connectivity index (χ4n) is 8.63. The topological polar surface area (TPSA) is 21.3 Å². The number of para-hydroxylation sites is 3. The van der Waals surface area contributed by atoms with Gasteiger partial charge in [-0.05, 0) is 113 Å². The second kappa shape index (κ2) is 12.8. The average molecular weight is 705 g/mol. The molecule has 0 saturated heterocycles. The van der Waals surface area contributed by atoms with Crippen molar-refractivity contribution in [3.8, 4) is 16.8 Å². The molecule has 3 nitrogen and oxygen atoms in total. The first-order valence-electron chi connectivity index (χ1n) is 19.0.